The number of hydrogen-bond donors (Lipinski definition) is 0. The molecule has 2 aromatic rings. The molecule has 2 atom stereocenters. The quantitative estimate of drug-likeness (QED) is 0.333. The van der Waals surface area contributed by atoms with Gasteiger partial charge in [-0.2, -0.15) is 26.3 Å². The number of hydrogen-bond acceptors (Lipinski definition) is 4. The van der Waals surface area contributed by atoms with Crippen LogP contribution >= 0.6 is 0 Å². The minimum absolute atomic E-state index is 0.0454. The smallest absolute Gasteiger partial charge is 0.416 e. The molecule has 0 aromatic heterocycles. The fourth-order valence-electron chi connectivity index (χ4n) is 5.55. The standard InChI is InChI=1S/C31H36F6N2O4/c1-29(2,3)43-28(41)38-12-9-22(10-13-38)27(40)39-14-11-26(25(18-39)21-7-5-4-6-8-21)42-19-20-15-23(30(32,33)34)17-24(16-20)31(35,36)37/h4-8,15-17,22,25-26H,9-14,18-19H2,1-3H3/t25-,26-/m1/s1. The van der Waals surface area contributed by atoms with E-state index < -0.39 is 47.9 Å². The summed E-state index contributed by atoms with van der Waals surface area (Å²) in [6.45, 7) is 6.32. The number of carbonyl (C=O) groups excluding carboxylic acids is 2. The monoisotopic (exact) mass is 614 g/mol. The van der Waals surface area contributed by atoms with Crippen LogP contribution in [0.15, 0.2) is 48.5 Å². The Hall–Kier alpha value is -3.28. The third-order valence-corrected chi connectivity index (χ3v) is 7.70. The van der Waals surface area contributed by atoms with Crippen molar-refractivity contribution in [2.45, 2.75) is 76.6 Å². The number of carbonyl (C=O) groups is 2. The number of alkyl halides is 6. The first kappa shape index (κ1) is 32.6. The summed E-state index contributed by atoms with van der Waals surface area (Å²) in [4.78, 5) is 29.3. The molecule has 0 spiro atoms. The minimum atomic E-state index is -4.95. The van der Waals surface area contributed by atoms with Crippen molar-refractivity contribution in [1.82, 2.24) is 9.80 Å². The zero-order chi connectivity index (χ0) is 31.6. The predicted molar refractivity (Wildman–Crippen MR) is 146 cm³/mol. The average molecular weight is 615 g/mol. The van der Waals surface area contributed by atoms with Gasteiger partial charge in [0.2, 0.25) is 5.91 Å². The molecule has 2 amide bonds. The molecule has 0 aliphatic carbocycles. The normalized spacial score (nSPS) is 20.7. The van der Waals surface area contributed by atoms with E-state index in [1.165, 1.54) is 0 Å². The van der Waals surface area contributed by atoms with Gasteiger partial charge >= 0.3 is 18.4 Å². The molecule has 2 heterocycles. The number of amides is 2. The van der Waals surface area contributed by atoms with Gasteiger partial charge in [-0.1, -0.05) is 30.3 Å². The van der Waals surface area contributed by atoms with E-state index in [4.69, 9.17) is 9.47 Å². The molecule has 12 heteroatoms. The van der Waals surface area contributed by atoms with Gasteiger partial charge in [0.25, 0.3) is 0 Å². The van der Waals surface area contributed by atoms with Gasteiger partial charge < -0.3 is 19.3 Å². The summed E-state index contributed by atoms with van der Waals surface area (Å²) in [5.41, 5.74) is -2.78. The van der Waals surface area contributed by atoms with Crippen LogP contribution in [0.1, 0.15) is 68.2 Å². The fourth-order valence-corrected chi connectivity index (χ4v) is 5.55. The predicted octanol–water partition coefficient (Wildman–Crippen LogP) is 7.27. The van der Waals surface area contributed by atoms with Gasteiger partial charge in [-0.15, -0.1) is 0 Å². The highest BCUT2D eigenvalue weighted by Crippen LogP contribution is 2.37. The van der Waals surface area contributed by atoms with Crippen LogP contribution in [-0.2, 0) is 33.2 Å². The van der Waals surface area contributed by atoms with Crippen molar-refractivity contribution in [2.75, 3.05) is 26.2 Å². The van der Waals surface area contributed by atoms with E-state index >= 15 is 0 Å². The highest BCUT2D eigenvalue weighted by atomic mass is 19.4. The molecule has 0 unspecified atom stereocenters. The van der Waals surface area contributed by atoms with E-state index in [2.05, 4.69) is 0 Å². The van der Waals surface area contributed by atoms with Crippen LogP contribution in [-0.4, -0.2) is 59.7 Å². The highest BCUT2D eigenvalue weighted by Gasteiger charge is 2.39. The van der Waals surface area contributed by atoms with Crippen LogP contribution in [0.3, 0.4) is 0 Å². The number of ether oxygens (including phenoxy) is 2. The summed E-state index contributed by atoms with van der Waals surface area (Å²) in [5, 5.41) is 0. The van der Waals surface area contributed by atoms with E-state index in [1.54, 1.807) is 30.6 Å². The molecule has 236 valence electrons. The van der Waals surface area contributed by atoms with Crippen molar-refractivity contribution in [1.29, 1.82) is 0 Å². The average Bonchev–Trinajstić information content (AvgIpc) is 2.94. The lowest BCUT2D eigenvalue weighted by Gasteiger charge is -2.41. The zero-order valence-electron chi connectivity index (χ0n) is 24.3. The summed E-state index contributed by atoms with van der Waals surface area (Å²) in [5.74, 6) is -0.664. The van der Waals surface area contributed by atoms with E-state index in [-0.39, 0.29) is 35.9 Å². The van der Waals surface area contributed by atoms with Crippen LogP contribution in [0.2, 0.25) is 0 Å². The Labute approximate surface area is 246 Å². The summed E-state index contributed by atoms with van der Waals surface area (Å²) in [7, 11) is 0. The Morgan fingerprint density at radius 2 is 1.37 bits per heavy atom. The lowest BCUT2D eigenvalue weighted by atomic mass is 9.86. The first-order valence-electron chi connectivity index (χ1n) is 14.2. The van der Waals surface area contributed by atoms with E-state index in [0.717, 1.165) is 5.56 Å². The van der Waals surface area contributed by atoms with Gasteiger partial charge in [0, 0.05) is 38.0 Å². The Balaban J connectivity index is 1.44. The molecular weight excluding hydrogens is 578 g/mol. The van der Waals surface area contributed by atoms with Crippen molar-refractivity contribution >= 4 is 12.0 Å². The minimum Gasteiger partial charge on any atom is -0.444 e. The van der Waals surface area contributed by atoms with Gasteiger partial charge in [0.15, 0.2) is 0 Å². The Morgan fingerprint density at radius 1 is 0.814 bits per heavy atom. The maximum absolute atomic E-state index is 13.5. The molecule has 0 N–H and O–H groups in total. The maximum atomic E-state index is 13.5. The molecule has 0 radical (unpaired) electrons. The molecule has 2 aliphatic heterocycles. The molecule has 2 saturated heterocycles. The lowest BCUT2D eigenvalue weighted by Crippen LogP contribution is -2.50. The molecular formula is C31H36F6N2O4. The number of benzene rings is 2. The van der Waals surface area contributed by atoms with E-state index in [1.807, 2.05) is 30.3 Å². The Bertz CT molecular complexity index is 1240. The largest absolute Gasteiger partial charge is 0.444 e. The fraction of sp³-hybridized carbons (Fsp3) is 0.548. The zero-order valence-corrected chi connectivity index (χ0v) is 24.3. The maximum Gasteiger partial charge on any atom is 0.416 e. The topological polar surface area (TPSA) is 59.1 Å². The molecule has 2 aromatic carbocycles. The van der Waals surface area contributed by atoms with Crippen LogP contribution in [0.5, 0.6) is 0 Å². The van der Waals surface area contributed by atoms with Crippen molar-refractivity contribution in [3.63, 3.8) is 0 Å². The van der Waals surface area contributed by atoms with Crippen LogP contribution in [0.25, 0.3) is 0 Å². The van der Waals surface area contributed by atoms with Crippen LogP contribution in [0, 0.1) is 5.92 Å². The van der Waals surface area contributed by atoms with Gasteiger partial charge in [0.05, 0.1) is 23.8 Å². The van der Waals surface area contributed by atoms with Crippen LogP contribution < -0.4 is 0 Å². The molecule has 4 rings (SSSR count). The Kier molecular flexibility index (Phi) is 9.68. The van der Waals surface area contributed by atoms with E-state index in [9.17, 15) is 35.9 Å². The van der Waals surface area contributed by atoms with Gasteiger partial charge in [-0.05, 0) is 69.4 Å². The summed E-state index contributed by atoms with van der Waals surface area (Å²) < 4.78 is 91.5. The van der Waals surface area contributed by atoms with Gasteiger partial charge in [0.1, 0.15) is 5.60 Å². The van der Waals surface area contributed by atoms with Gasteiger partial charge in [-0.25, -0.2) is 4.79 Å². The molecule has 2 fully saturated rings. The van der Waals surface area contributed by atoms with Crippen molar-refractivity contribution in [3.8, 4) is 0 Å². The lowest BCUT2D eigenvalue weighted by molar-refractivity contribution is -0.143. The summed E-state index contributed by atoms with van der Waals surface area (Å²) in [6.07, 6.45) is -9.52. The number of halogens is 6. The molecule has 2 aliphatic rings. The second kappa shape index (κ2) is 12.8. The molecule has 43 heavy (non-hydrogen) atoms. The SMILES string of the molecule is CC(C)(C)OC(=O)N1CCC(C(=O)N2CC[C@@H](OCc3cc(C(F)(F)F)cc(C(F)(F)F)c3)[C@@H](c3ccccc3)C2)CC1. The number of rotatable bonds is 5. The van der Waals surface area contributed by atoms with Crippen LogP contribution in [0.4, 0.5) is 31.1 Å². The number of likely N-dealkylation sites (tertiary alicyclic amines) is 2. The van der Waals surface area contributed by atoms with Gasteiger partial charge in [-0.3, -0.25) is 4.79 Å². The van der Waals surface area contributed by atoms with E-state index in [0.29, 0.717) is 51.0 Å². The number of piperidine rings is 2. The summed E-state index contributed by atoms with van der Waals surface area (Å²) >= 11 is 0. The molecule has 6 nitrogen and oxygen atoms in total. The summed E-state index contributed by atoms with van der Waals surface area (Å²) in [6, 6.07) is 10.6. The second-order valence-corrected chi connectivity index (χ2v) is 12.1. The highest BCUT2D eigenvalue weighted by molar-refractivity contribution is 5.79. The van der Waals surface area contributed by atoms with Crippen molar-refractivity contribution in [2.24, 2.45) is 5.92 Å². The Morgan fingerprint density at radius 3 is 1.91 bits per heavy atom. The third-order valence-electron chi connectivity index (χ3n) is 7.70. The first-order valence-corrected chi connectivity index (χ1v) is 14.2. The molecule has 0 bridgehead atoms. The van der Waals surface area contributed by atoms with Crippen molar-refractivity contribution in [3.05, 3.63) is 70.8 Å². The van der Waals surface area contributed by atoms with Crippen molar-refractivity contribution < 1.29 is 45.4 Å². The third kappa shape index (κ3) is 8.64. The second-order valence-electron chi connectivity index (χ2n) is 12.1. The molecule has 0 saturated carbocycles. The number of nitrogens with zero attached hydrogens (tertiary/aromatic N) is 2. The first-order chi connectivity index (χ1) is 20.0.